The predicted molar refractivity (Wildman–Crippen MR) is 55.8 cm³/mol. The first-order valence-electron chi connectivity index (χ1n) is 4.43. The molecule has 0 aliphatic rings. The smallest absolute Gasteiger partial charge is 0.324 e. The summed E-state index contributed by atoms with van der Waals surface area (Å²) in [5, 5.41) is 0. The zero-order chi connectivity index (χ0) is 11.5. The van der Waals surface area contributed by atoms with Crippen LogP contribution >= 0.6 is 11.8 Å². The van der Waals surface area contributed by atoms with E-state index in [2.05, 4.69) is 0 Å². The molecule has 0 saturated heterocycles. The lowest BCUT2D eigenvalue weighted by Gasteiger charge is -2.08. The van der Waals surface area contributed by atoms with E-state index in [9.17, 15) is 13.2 Å². The molecule has 0 amide bonds. The molecule has 0 aromatic heterocycles. The molecule has 0 bridgehead atoms. The van der Waals surface area contributed by atoms with E-state index in [0.29, 0.717) is 4.90 Å². The van der Waals surface area contributed by atoms with Crippen molar-refractivity contribution in [1.29, 1.82) is 0 Å². The molecule has 0 saturated carbocycles. The standard InChI is InChI=1S/C10H12F3NS/c1-7(14)8-2-4-9(5-3-8)15-6-10(11,12)13/h2-5,7H,6,14H2,1H3. The highest BCUT2D eigenvalue weighted by atomic mass is 32.2. The van der Waals surface area contributed by atoms with Crippen LogP contribution in [0.25, 0.3) is 0 Å². The van der Waals surface area contributed by atoms with Crippen LogP contribution in [0.1, 0.15) is 18.5 Å². The summed E-state index contributed by atoms with van der Waals surface area (Å²) in [5.41, 5.74) is 6.54. The van der Waals surface area contributed by atoms with Gasteiger partial charge in [-0.2, -0.15) is 13.2 Å². The fraction of sp³-hybridized carbons (Fsp3) is 0.400. The number of rotatable bonds is 3. The van der Waals surface area contributed by atoms with Gasteiger partial charge in [0.25, 0.3) is 0 Å². The molecular formula is C10H12F3NS. The Balaban J connectivity index is 2.57. The van der Waals surface area contributed by atoms with Crippen LogP contribution < -0.4 is 5.73 Å². The second-order valence-corrected chi connectivity index (χ2v) is 4.31. The minimum Gasteiger partial charge on any atom is -0.324 e. The lowest BCUT2D eigenvalue weighted by atomic mass is 10.1. The van der Waals surface area contributed by atoms with Gasteiger partial charge in [-0.15, -0.1) is 11.8 Å². The Hall–Kier alpha value is -0.680. The van der Waals surface area contributed by atoms with Gasteiger partial charge in [0.1, 0.15) is 0 Å². The number of hydrogen-bond donors (Lipinski definition) is 1. The molecule has 0 heterocycles. The summed E-state index contributed by atoms with van der Waals surface area (Å²) in [6.45, 7) is 1.83. The maximum absolute atomic E-state index is 11.9. The number of alkyl halides is 3. The Kier molecular flexibility index (Phi) is 4.04. The van der Waals surface area contributed by atoms with Crippen molar-refractivity contribution in [1.82, 2.24) is 0 Å². The van der Waals surface area contributed by atoms with Gasteiger partial charge in [-0.05, 0) is 24.6 Å². The number of halogens is 3. The van der Waals surface area contributed by atoms with E-state index in [0.717, 1.165) is 17.3 Å². The molecule has 5 heteroatoms. The fourth-order valence-corrected chi connectivity index (χ4v) is 1.69. The summed E-state index contributed by atoms with van der Waals surface area (Å²) in [4.78, 5) is 0.608. The van der Waals surface area contributed by atoms with Crippen molar-refractivity contribution < 1.29 is 13.2 Å². The molecule has 2 N–H and O–H groups in total. The third-order valence-corrected chi connectivity index (χ3v) is 2.89. The molecule has 0 aliphatic heterocycles. The van der Waals surface area contributed by atoms with Gasteiger partial charge in [0.2, 0.25) is 0 Å². The molecule has 1 unspecified atom stereocenters. The molecule has 1 atom stereocenters. The third kappa shape index (κ3) is 4.57. The van der Waals surface area contributed by atoms with E-state index in [1.807, 2.05) is 6.92 Å². The topological polar surface area (TPSA) is 26.0 Å². The molecule has 0 fully saturated rings. The van der Waals surface area contributed by atoms with Gasteiger partial charge >= 0.3 is 6.18 Å². The molecule has 1 aromatic rings. The van der Waals surface area contributed by atoms with Crippen molar-refractivity contribution in [2.24, 2.45) is 5.73 Å². The normalized spacial score (nSPS) is 13.9. The highest BCUT2D eigenvalue weighted by molar-refractivity contribution is 7.99. The van der Waals surface area contributed by atoms with Crippen LogP contribution in [0.2, 0.25) is 0 Å². The Labute approximate surface area is 90.9 Å². The Morgan fingerprint density at radius 2 is 1.80 bits per heavy atom. The van der Waals surface area contributed by atoms with Crippen molar-refractivity contribution >= 4 is 11.8 Å². The van der Waals surface area contributed by atoms with Crippen LogP contribution in [0, 0.1) is 0 Å². The van der Waals surface area contributed by atoms with Crippen LogP contribution in [0.15, 0.2) is 29.2 Å². The molecular weight excluding hydrogens is 223 g/mol. The second kappa shape index (κ2) is 4.90. The number of nitrogens with two attached hydrogens (primary N) is 1. The van der Waals surface area contributed by atoms with Crippen LogP contribution in [-0.2, 0) is 0 Å². The highest BCUT2D eigenvalue weighted by Gasteiger charge is 2.27. The number of hydrogen-bond acceptors (Lipinski definition) is 2. The van der Waals surface area contributed by atoms with Gasteiger partial charge in [-0.1, -0.05) is 12.1 Å². The maximum Gasteiger partial charge on any atom is 0.398 e. The third-order valence-electron chi connectivity index (χ3n) is 1.81. The zero-order valence-electron chi connectivity index (χ0n) is 8.21. The minimum atomic E-state index is -4.12. The summed E-state index contributed by atoms with van der Waals surface area (Å²) in [6, 6.07) is 6.74. The van der Waals surface area contributed by atoms with Crippen LogP contribution in [-0.4, -0.2) is 11.9 Å². The summed E-state index contributed by atoms with van der Waals surface area (Å²) >= 11 is 0.782. The molecule has 1 aromatic carbocycles. The summed E-state index contributed by atoms with van der Waals surface area (Å²) < 4.78 is 35.7. The molecule has 1 nitrogen and oxygen atoms in total. The second-order valence-electron chi connectivity index (χ2n) is 3.26. The summed E-state index contributed by atoms with van der Waals surface area (Å²) in [5.74, 6) is -0.857. The van der Waals surface area contributed by atoms with Crippen LogP contribution in [0.5, 0.6) is 0 Å². The van der Waals surface area contributed by atoms with Crippen molar-refractivity contribution in [2.75, 3.05) is 5.75 Å². The largest absolute Gasteiger partial charge is 0.398 e. The van der Waals surface area contributed by atoms with E-state index in [4.69, 9.17) is 5.73 Å². The first kappa shape index (κ1) is 12.4. The Morgan fingerprint density at radius 3 is 2.20 bits per heavy atom. The maximum atomic E-state index is 11.9. The SMILES string of the molecule is CC(N)c1ccc(SCC(F)(F)F)cc1. The first-order chi connectivity index (χ1) is 6.88. The van der Waals surface area contributed by atoms with E-state index < -0.39 is 11.9 Å². The number of benzene rings is 1. The highest BCUT2D eigenvalue weighted by Crippen LogP contribution is 2.27. The van der Waals surface area contributed by atoms with Crippen molar-refractivity contribution in [2.45, 2.75) is 24.0 Å². The predicted octanol–water partition coefficient (Wildman–Crippen LogP) is 3.36. The van der Waals surface area contributed by atoms with Gasteiger partial charge in [0.05, 0.1) is 5.75 Å². The first-order valence-corrected chi connectivity index (χ1v) is 5.42. The van der Waals surface area contributed by atoms with E-state index in [-0.39, 0.29) is 6.04 Å². The van der Waals surface area contributed by atoms with Crippen molar-refractivity contribution in [3.63, 3.8) is 0 Å². The average Bonchev–Trinajstić information content (AvgIpc) is 2.14. The quantitative estimate of drug-likeness (QED) is 0.813. The average molecular weight is 235 g/mol. The zero-order valence-corrected chi connectivity index (χ0v) is 9.03. The van der Waals surface area contributed by atoms with E-state index in [1.54, 1.807) is 24.3 Å². The van der Waals surface area contributed by atoms with Crippen molar-refractivity contribution in [3.8, 4) is 0 Å². The molecule has 15 heavy (non-hydrogen) atoms. The van der Waals surface area contributed by atoms with E-state index >= 15 is 0 Å². The summed E-state index contributed by atoms with van der Waals surface area (Å²) in [6.07, 6.45) is -4.12. The van der Waals surface area contributed by atoms with Crippen LogP contribution in [0.3, 0.4) is 0 Å². The number of thioether (sulfide) groups is 1. The lowest BCUT2D eigenvalue weighted by Crippen LogP contribution is -2.10. The van der Waals surface area contributed by atoms with Crippen LogP contribution in [0.4, 0.5) is 13.2 Å². The molecule has 0 radical (unpaired) electrons. The Bertz CT molecular complexity index is 305. The Morgan fingerprint density at radius 1 is 1.27 bits per heavy atom. The fourth-order valence-electron chi connectivity index (χ4n) is 1.03. The summed E-state index contributed by atoms with van der Waals surface area (Å²) in [7, 11) is 0. The van der Waals surface area contributed by atoms with Gasteiger partial charge in [0.15, 0.2) is 0 Å². The van der Waals surface area contributed by atoms with Crippen molar-refractivity contribution in [3.05, 3.63) is 29.8 Å². The monoisotopic (exact) mass is 235 g/mol. The van der Waals surface area contributed by atoms with Gasteiger partial charge < -0.3 is 5.73 Å². The molecule has 84 valence electrons. The molecule has 1 rings (SSSR count). The minimum absolute atomic E-state index is 0.0910. The van der Waals surface area contributed by atoms with Gasteiger partial charge in [-0.3, -0.25) is 0 Å². The molecule has 0 spiro atoms. The lowest BCUT2D eigenvalue weighted by molar-refractivity contribution is -0.105. The van der Waals surface area contributed by atoms with Gasteiger partial charge in [-0.25, -0.2) is 0 Å². The van der Waals surface area contributed by atoms with E-state index in [1.165, 1.54) is 0 Å². The molecule has 0 aliphatic carbocycles. The van der Waals surface area contributed by atoms with Gasteiger partial charge in [0, 0.05) is 10.9 Å².